The summed E-state index contributed by atoms with van der Waals surface area (Å²) in [6.45, 7) is 4.81. The summed E-state index contributed by atoms with van der Waals surface area (Å²) in [7, 11) is 0. The molecule has 1 aromatic rings. The number of nitrogens with one attached hydrogen (secondary N) is 2. The molecule has 0 bridgehead atoms. The fourth-order valence-electron chi connectivity index (χ4n) is 2.27. The van der Waals surface area contributed by atoms with Crippen LogP contribution in [0.3, 0.4) is 0 Å². The lowest BCUT2D eigenvalue weighted by atomic mass is 9.97. The Morgan fingerprint density at radius 1 is 1.33 bits per heavy atom. The summed E-state index contributed by atoms with van der Waals surface area (Å²) in [5.41, 5.74) is 0.965. The van der Waals surface area contributed by atoms with Crippen molar-refractivity contribution in [3.8, 4) is 0 Å². The van der Waals surface area contributed by atoms with Crippen LogP contribution in [0.5, 0.6) is 0 Å². The highest BCUT2D eigenvalue weighted by Gasteiger charge is 2.31. The predicted octanol–water partition coefficient (Wildman–Crippen LogP) is 3.04. The molecule has 1 aliphatic heterocycles. The predicted molar refractivity (Wildman–Crippen MR) is 65.7 cm³/mol. The molecular weight excluding hydrogens is 241 g/mol. The number of hydrogen-bond donors (Lipinski definition) is 2. The van der Waals surface area contributed by atoms with Crippen LogP contribution in [0.25, 0.3) is 0 Å². The second-order valence-corrected chi connectivity index (χ2v) is 4.97. The molecule has 0 spiro atoms. The second-order valence-electron chi connectivity index (χ2n) is 4.97. The van der Waals surface area contributed by atoms with Gasteiger partial charge in [-0.1, -0.05) is 13.8 Å². The molecule has 1 heterocycles. The highest BCUT2D eigenvalue weighted by Crippen LogP contribution is 2.33. The minimum absolute atomic E-state index is 0.181. The van der Waals surface area contributed by atoms with Crippen LogP contribution in [0.15, 0.2) is 18.2 Å². The molecule has 2 rings (SSSR count). The molecule has 1 aromatic carbocycles. The van der Waals surface area contributed by atoms with Gasteiger partial charge in [-0.15, -0.1) is 0 Å². The number of alkyl halides is 3. The number of hydrogen-bond acceptors (Lipinski definition) is 2. The minimum atomic E-state index is -4.27. The van der Waals surface area contributed by atoms with Gasteiger partial charge in [0.1, 0.15) is 0 Å². The lowest BCUT2D eigenvalue weighted by molar-refractivity contribution is -0.137. The molecule has 18 heavy (non-hydrogen) atoms. The first-order chi connectivity index (χ1) is 8.36. The zero-order valence-corrected chi connectivity index (χ0v) is 10.4. The van der Waals surface area contributed by atoms with Gasteiger partial charge in [0.15, 0.2) is 0 Å². The average molecular weight is 258 g/mol. The van der Waals surface area contributed by atoms with E-state index in [1.165, 1.54) is 12.1 Å². The molecule has 1 aliphatic rings. The fraction of sp³-hybridized carbons (Fsp3) is 0.538. The van der Waals surface area contributed by atoms with Gasteiger partial charge < -0.3 is 10.6 Å². The Morgan fingerprint density at radius 3 is 2.67 bits per heavy atom. The summed E-state index contributed by atoms with van der Waals surface area (Å²) < 4.78 is 37.9. The third-order valence-corrected chi connectivity index (χ3v) is 3.01. The SMILES string of the molecule is CC(C)NC1CNc2ccc(C(F)(F)F)cc2C1. The molecule has 0 saturated heterocycles. The fourth-order valence-corrected chi connectivity index (χ4v) is 2.27. The summed E-state index contributed by atoms with van der Waals surface area (Å²) in [5, 5.41) is 6.50. The smallest absolute Gasteiger partial charge is 0.383 e. The zero-order valence-electron chi connectivity index (χ0n) is 10.4. The molecule has 2 N–H and O–H groups in total. The number of halogens is 3. The average Bonchev–Trinajstić information content (AvgIpc) is 2.26. The van der Waals surface area contributed by atoms with E-state index in [0.717, 1.165) is 23.9 Å². The third kappa shape index (κ3) is 2.96. The minimum Gasteiger partial charge on any atom is -0.383 e. The van der Waals surface area contributed by atoms with E-state index in [0.29, 0.717) is 12.5 Å². The van der Waals surface area contributed by atoms with Crippen molar-refractivity contribution in [1.29, 1.82) is 0 Å². The van der Waals surface area contributed by atoms with E-state index in [2.05, 4.69) is 10.6 Å². The molecule has 0 saturated carbocycles. The highest BCUT2D eigenvalue weighted by atomic mass is 19.4. The molecule has 0 amide bonds. The van der Waals surface area contributed by atoms with Crippen molar-refractivity contribution >= 4 is 5.69 Å². The monoisotopic (exact) mass is 258 g/mol. The summed E-state index contributed by atoms with van der Waals surface area (Å²) in [6.07, 6.45) is -3.64. The first-order valence-electron chi connectivity index (χ1n) is 6.06. The highest BCUT2D eigenvalue weighted by molar-refractivity contribution is 5.55. The van der Waals surface area contributed by atoms with Crippen molar-refractivity contribution in [1.82, 2.24) is 5.32 Å². The Bertz CT molecular complexity index is 427. The van der Waals surface area contributed by atoms with Gasteiger partial charge in [0, 0.05) is 24.3 Å². The van der Waals surface area contributed by atoms with Gasteiger partial charge in [0.05, 0.1) is 5.56 Å². The summed E-state index contributed by atoms with van der Waals surface area (Å²) in [4.78, 5) is 0. The molecule has 1 atom stereocenters. The van der Waals surface area contributed by atoms with Gasteiger partial charge in [-0.2, -0.15) is 13.2 Å². The van der Waals surface area contributed by atoms with Crippen LogP contribution in [-0.2, 0) is 12.6 Å². The van der Waals surface area contributed by atoms with Crippen LogP contribution in [-0.4, -0.2) is 18.6 Å². The Labute approximate surface area is 105 Å². The van der Waals surface area contributed by atoms with Crippen LogP contribution < -0.4 is 10.6 Å². The van der Waals surface area contributed by atoms with E-state index in [1.807, 2.05) is 13.8 Å². The maximum Gasteiger partial charge on any atom is 0.416 e. The standard InChI is InChI=1S/C13H17F3N2/c1-8(2)18-11-6-9-5-10(13(14,15)16)3-4-12(9)17-7-11/h3-5,8,11,17-18H,6-7H2,1-2H3. The largest absolute Gasteiger partial charge is 0.416 e. The molecule has 0 radical (unpaired) electrons. The topological polar surface area (TPSA) is 24.1 Å². The van der Waals surface area contributed by atoms with Gasteiger partial charge in [-0.05, 0) is 30.2 Å². The first kappa shape index (κ1) is 13.2. The van der Waals surface area contributed by atoms with E-state index in [-0.39, 0.29) is 6.04 Å². The van der Waals surface area contributed by atoms with E-state index in [1.54, 1.807) is 0 Å². The normalized spacial score (nSPS) is 19.6. The van der Waals surface area contributed by atoms with Crippen LogP contribution in [0.4, 0.5) is 18.9 Å². The number of benzene rings is 1. The van der Waals surface area contributed by atoms with Crippen molar-refractivity contribution < 1.29 is 13.2 Å². The summed E-state index contributed by atoms with van der Waals surface area (Å²) >= 11 is 0. The molecule has 100 valence electrons. The molecule has 5 heteroatoms. The summed E-state index contributed by atoms with van der Waals surface area (Å²) in [6, 6.07) is 4.40. The quantitative estimate of drug-likeness (QED) is 0.852. The Kier molecular flexibility index (Phi) is 3.52. The maximum atomic E-state index is 12.6. The molecule has 0 aromatic heterocycles. The van der Waals surface area contributed by atoms with E-state index < -0.39 is 11.7 Å². The lowest BCUT2D eigenvalue weighted by Gasteiger charge is -2.29. The van der Waals surface area contributed by atoms with Crippen LogP contribution in [0.2, 0.25) is 0 Å². The van der Waals surface area contributed by atoms with E-state index >= 15 is 0 Å². The molecule has 0 fully saturated rings. The zero-order chi connectivity index (χ0) is 13.3. The van der Waals surface area contributed by atoms with Crippen molar-refractivity contribution in [2.24, 2.45) is 0 Å². The summed E-state index contributed by atoms with van der Waals surface area (Å²) in [5.74, 6) is 0. The Hall–Kier alpha value is -1.23. The Morgan fingerprint density at radius 2 is 2.06 bits per heavy atom. The second kappa shape index (κ2) is 4.80. The van der Waals surface area contributed by atoms with Gasteiger partial charge >= 0.3 is 6.18 Å². The van der Waals surface area contributed by atoms with Crippen molar-refractivity contribution in [3.63, 3.8) is 0 Å². The van der Waals surface area contributed by atoms with Gasteiger partial charge in [0.2, 0.25) is 0 Å². The van der Waals surface area contributed by atoms with E-state index in [9.17, 15) is 13.2 Å². The van der Waals surface area contributed by atoms with Crippen molar-refractivity contribution in [2.45, 2.75) is 38.5 Å². The van der Waals surface area contributed by atoms with Crippen LogP contribution >= 0.6 is 0 Å². The van der Waals surface area contributed by atoms with Gasteiger partial charge in [-0.25, -0.2) is 0 Å². The number of fused-ring (bicyclic) bond motifs is 1. The lowest BCUT2D eigenvalue weighted by Crippen LogP contribution is -2.43. The van der Waals surface area contributed by atoms with Crippen LogP contribution in [0, 0.1) is 0 Å². The molecular formula is C13H17F3N2. The van der Waals surface area contributed by atoms with E-state index in [4.69, 9.17) is 0 Å². The van der Waals surface area contributed by atoms with Crippen LogP contribution in [0.1, 0.15) is 25.0 Å². The maximum absolute atomic E-state index is 12.6. The van der Waals surface area contributed by atoms with Crippen molar-refractivity contribution in [2.75, 3.05) is 11.9 Å². The number of rotatable bonds is 2. The van der Waals surface area contributed by atoms with Gasteiger partial charge in [0.25, 0.3) is 0 Å². The van der Waals surface area contributed by atoms with Crippen molar-refractivity contribution in [3.05, 3.63) is 29.3 Å². The van der Waals surface area contributed by atoms with Gasteiger partial charge in [-0.3, -0.25) is 0 Å². The molecule has 2 nitrogen and oxygen atoms in total. The first-order valence-corrected chi connectivity index (χ1v) is 6.06. The Balaban J connectivity index is 2.19. The molecule has 1 unspecified atom stereocenters. The third-order valence-electron chi connectivity index (χ3n) is 3.01. The number of anilines is 1. The molecule has 0 aliphatic carbocycles.